The number of ether oxygens (including phenoxy) is 1. The van der Waals surface area contributed by atoms with Gasteiger partial charge in [0.1, 0.15) is 5.01 Å². The number of nitrogens with zero attached hydrogens (tertiary/aromatic N) is 3. The third kappa shape index (κ3) is 3.07. The number of halogens is 2. The Bertz CT molecular complexity index is 1180. The molecule has 3 aliphatic heterocycles. The molecule has 9 nitrogen and oxygen atoms in total. The normalized spacial score (nSPS) is 26.0. The summed E-state index contributed by atoms with van der Waals surface area (Å²) in [5.41, 5.74) is -1.59. The van der Waals surface area contributed by atoms with Crippen molar-refractivity contribution in [3.8, 4) is 10.6 Å². The number of benzene rings is 1. The molecule has 0 bridgehead atoms. The molecule has 174 valence electrons. The summed E-state index contributed by atoms with van der Waals surface area (Å²) in [6.07, 6.45) is -0.688. The number of hydrogen-bond donors (Lipinski definition) is 2. The molecule has 0 saturated carbocycles. The van der Waals surface area contributed by atoms with Gasteiger partial charge in [-0.25, -0.2) is 13.6 Å². The highest BCUT2D eigenvalue weighted by Crippen LogP contribution is 2.49. The van der Waals surface area contributed by atoms with Gasteiger partial charge in [0.15, 0.2) is 22.1 Å². The molecule has 5 rings (SSSR count). The van der Waals surface area contributed by atoms with E-state index in [0.717, 1.165) is 11.3 Å². The van der Waals surface area contributed by atoms with Crippen LogP contribution in [0.25, 0.3) is 10.6 Å². The van der Waals surface area contributed by atoms with E-state index in [2.05, 4.69) is 20.8 Å². The summed E-state index contributed by atoms with van der Waals surface area (Å²) >= 11 is 1.15. The van der Waals surface area contributed by atoms with Crippen molar-refractivity contribution >= 4 is 34.9 Å². The molecule has 4 heterocycles. The molecule has 1 unspecified atom stereocenters. The predicted molar refractivity (Wildman–Crippen MR) is 114 cm³/mol. The van der Waals surface area contributed by atoms with Crippen molar-refractivity contribution in [2.75, 3.05) is 11.4 Å². The first kappa shape index (κ1) is 21.8. The Balaban J connectivity index is 1.73. The van der Waals surface area contributed by atoms with Gasteiger partial charge < -0.3 is 9.64 Å². The van der Waals surface area contributed by atoms with Crippen molar-refractivity contribution in [2.45, 2.75) is 51.9 Å². The van der Waals surface area contributed by atoms with E-state index in [1.807, 2.05) is 6.92 Å². The van der Waals surface area contributed by atoms with Crippen molar-refractivity contribution in [1.82, 2.24) is 20.8 Å². The number of anilines is 1. The fourth-order valence-corrected chi connectivity index (χ4v) is 5.99. The minimum absolute atomic E-state index is 0.00777. The Morgan fingerprint density at radius 1 is 1.18 bits per heavy atom. The van der Waals surface area contributed by atoms with Crippen molar-refractivity contribution in [2.24, 2.45) is 5.41 Å². The third-order valence-corrected chi connectivity index (χ3v) is 7.57. The first-order valence-corrected chi connectivity index (χ1v) is 11.4. The van der Waals surface area contributed by atoms with E-state index in [1.54, 1.807) is 13.8 Å². The van der Waals surface area contributed by atoms with Crippen LogP contribution >= 0.6 is 11.3 Å². The minimum Gasteiger partial charge on any atom is -0.372 e. The highest BCUT2D eigenvalue weighted by atomic mass is 32.1. The molecular weight excluding hydrogens is 456 g/mol. The number of barbiturate groups is 1. The molecule has 2 N–H and O–H groups in total. The molecule has 3 atom stereocenters. The van der Waals surface area contributed by atoms with Gasteiger partial charge in [-0.1, -0.05) is 18.3 Å². The zero-order valence-electron chi connectivity index (χ0n) is 18.1. The molecule has 1 aromatic heterocycles. The van der Waals surface area contributed by atoms with Crippen molar-refractivity contribution in [1.29, 1.82) is 0 Å². The van der Waals surface area contributed by atoms with Crippen LogP contribution in [0.3, 0.4) is 0 Å². The number of imide groups is 2. The minimum atomic E-state index is -1.77. The Morgan fingerprint density at radius 3 is 2.52 bits per heavy atom. The predicted octanol–water partition coefficient (Wildman–Crippen LogP) is 1.94. The van der Waals surface area contributed by atoms with E-state index < -0.39 is 47.0 Å². The summed E-state index contributed by atoms with van der Waals surface area (Å²) < 4.78 is 36.8. The van der Waals surface area contributed by atoms with Crippen LogP contribution in [0.4, 0.5) is 19.3 Å². The van der Waals surface area contributed by atoms with Crippen LogP contribution in [0.15, 0.2) is 6.07 Å². The molecule has 2 aromatic rings. The maximum Gasteiger partial charge on any atom is 0.328 e. The first-order chi connectivity index (χ1) is 15.7. The summed E-state index contributed by atoms with van der Waals surface area (Å²) in [4.78, 5) is 39.7. The monoisotopic (exact) mass is 477 g/mol. The van der Waals surface area contributed by atoms with Gasteiger partial charge >= 0.3 is 6.03 Å². The van der Waals surface area contributed by atoms with E-state index in [-0.39, 0.29) is 40.9 Å². The number of aromatic nitrogens is 2. The van der Waals surface area contributed by atoms with Gasteiger partial charge in [-0.3, -0.25) is 20.2 Å². The van der Waals surface area contributed by atoms with E-state index in [0.29, 0.717) is 11.4 Å². The highest BCUT2D eigenvalue weighted by molar-refractivity contribution is 7.14. The molecule has 12 heteroatoms. The highest BCUT2D eigenvalue weighted by Gasteiger charge is 2.63. The van der Waals surface area contributed by atoms with Gasteiger partial charge in [0.05, 0.1) is 29.5 Å². The fraction of sp³-hybridized carbons (Fsp3) is 0.476. The van der Waals surface area contributed by atoms with E-state index in [1.165, 1.54) is 11.0 Å². The second-order valence-corrected chi connectivity index (χ2v) is 9.61. The zero-order valence-corrected chi connectivity index (χ0v) is 18.9. The molecule has 0 radical (unpaired) electrons. The third-order valence-electron chi connectivity index (χ3n) is 6.47. The van der Waals surface area contributed by atoms with Gasteiger partial charge in [-0.2, -0.15) is 0 Å². The lowest BCUT2D eigenvalue weighted by atomic mass is 9.66. The quantitative estimate of drug-likeness (QED) is 0.636. The van der Waals surface area contributed by atoms with Gasteiger partial charge in [0, 0.05) is 13.0 Å². The number of urea groups is 1. The number of carbonyl (C=O) groups excluding carboxylic acids is 3. The van der Waals surface area contributed by atoms with E-state index in [4.69, 9.17) is 4.74 Å². The Kier molecular flexibility index (Phi) is 4.98. The number of morpholine rings is 1. The average molecular weight is 477 g/mol. The molecule has 4 amide bonds. The maximum atomic E-state index is 15.6. The molecular formula is C21H21F2N5O4S. The maximum absolute atomic E-state index is 15.6. The smallest absolute Gasteiger partial charge is 0.328 e. The summed E-state index contributed by atoms with van der Waals surface area (Å²) in [6.45, 7) is 5.45. The SMILES string of the molecule is CCc1nnc(-c2cc3c(c(F)c2F)N2C[C@H](C)O[C@H](C)C2C2(C3)C(=O)NC(=O)NC2=O)s1. The van der Waals surface area contributed by atoms with Gasteiger partial charge in [-0.15, -0.1) is 10.2 Å². The Morgan fingerprint density at radius 2 is 1.88 bits per heavy atom. The summed E-state index contributed by atoms with van der Waals surface area (Å²) in [6, 6.07) is -0.437. The van der Waals surface area contributed by atoms with Crippen LogP contribution in [0.5, 0.6) is 0 Å². The molecule has 2 fully saturated rings. The largest absolute Gasteiger partial charge is 0.372 e. The Hall–Kier alpha value is -2.99. The molecule has 1 spiro atoms. The topological polar surface area (TPSA) is 114 Å². The number of carbonyl (C=O) groups is 3. The van der Waals surface area contributed by atoms with Crippen molar-refractivity contribution in [3.05, 3.63) is 28.3 Å². The van der Waals surface area contributed by atoms with Crippen molar-refractivity contribution < 1.29 is 27.9 Å². The van der Waals surface area contributed by atoms with Gasteiger partial charge in [0.2, 0.25) is 11.8 Å². The summed E-state index contributed by atoms with van der Waals surface area (Å²) in [5, 5.41) is 13.2. The number of rotatable bonds is 2. The van der Waals surface area contributed by atoms with Crippen LogP contribution in [0.2, 0.25) is 0 Å². The Labute approximate surface area is 191 Å². The summed E-state index contributed by atoms with van der Waals surface area (Å²) in [7, 11) is 0. The van der Waals surface area contributed by atoms with Gasteiger partial charge in [0.25, 0.3) is 0 Å². The van der Waals surface area contributed by atoms with Crippen LogP contribution < -0.4 is 15.5 Å². The average Bonchev–Trinajstić information content (AvgIpc) is 3.22. The lowest BCUT2D eigenvalue weighted by Gasteiger charge is -2.55. The first-order valence-electron chi connectivity index (χ1n) is 10.6. The molecule has 2 saturated heterocycles. The van der Waals surface area contributed by atoms with Crippen LogP contribution in [-0.4, -0.2) is 52.8 Å². The van der Waals surface area contributed by atoms with Crippen LogP contribution in [-0.2, 0) is 27.2 Å². The number of aryl methyl sites for hydroxylation is 1. The second kappa shape index (κ2) is 7.52. The fourth-order valence-electron chi connectivity index (χ4n) is 5.20. The molecule has 3 aliphatic rings. The standard InChI is InChI=1S/C21H21F2N5O4S/c1-4-12-26-27-17(33-12)11-5-10-6-21(18(29)24-20(31)25-19(21)30)16-9(3)32-8(2)7-28(16)15(10)14(23)13(11)22/h5,8-9,16H,4,6-7H2,1-3H3,(H2,24,25,29,30,31)/t8-,9+,16?/m0/s1. The molecule has 33 heavy (non-hydrogen) atoms. The second-order valence-electron chi connectivity index (χ2n) is 8.55. The van der Waals surface area contributed by atoms with Crippen LogP contribution in [0.1, 0.15) is 31.3 Å². The number of amides is 4. The molecule has 0 aliphatic carbocycles. The summed E-state index contributed by atoms with van der Waals surface area (Å²) in [5.74, 6) is -3.74. The zero-order chi connectivity index (χ0) is 23.7. The van der Waals surface area contributed by atoms with Gasteiger partial charge in [-0.05, 0) is 31.9 Å². The molecule has 1 aromatic carbocycles. The van der Waals surface area contributed by atoms with Crippen LogP contribution in [0, 0.1) is 17.0 Å². The number of nitrogens with one attached hydrogen (secondary N) is 2. The number of hydrogen-bond acceptors (Lipinski definition) is 8. The lowest BCUT2D eigenvalue weighted by molar-refractivity contribution is -0.153. The number of fused-ring (bicyclic) bond motifs is 4. The van der Waals surface area contributed by atoms with Crippen molar-refractivity contribution in [3.63, 3.8) is 0 Å². The van der Waals surface area contributed by atoms with E-state index >= 15 is 8.78 Å². The lowest BCUT2D eigenvalue weighted by Crippen LogP contribution is -2.75. The van der Waals surface area contributed by atoms with E-state index in [9.17, 15) is 14.4 Å².